The van der Waals surface area contributed by atoms with E-state index in [0.29, 0.717) is 30.1 Å². The molecular formula is C21H34O4. The molecule has 0 aromatic rings. The largest absolute Gasteiger partial charge is 0.393 e. The highest BCUT2D eigenvalue weighted by molar-refractivity contribution is 5.83. The SMILES string of the molecule is C[C@@]12CC[C@H](O)C[C@@H]1CC[C@H]1[C@H]2[C@H](O)C[C@]2(C)[C@@H]1CC[C@H]2C(=O)CO. The molecule has 25 heavy (non-hydrogen) atoms. The second kappa shape index (κ2) is 6.03. The second-order valence-corrected chi connectivity index (χ2v) is 10.0. The van der Waals surface area contributed by atoms with Gasteiger partial charge in [0.25, 0.3) is 0 Å². The van der Waals surface area contributed by atoms with Gasteiger partial charge in [-0.3, -0.25) is 4.79 Å². The Morgan fingerprint density at radius 1 is 1.04 bits per heavy atom. The van der Waals surface area contributed by atoms with Crippen molar-refractivity contribution in [1.82, 2.24) is 0 Å². The third-order valence-corrected chi connectivity index (χ3v) is 9.11. The summed E-state index contributed by atoms with van der Waals surface area (Å²) in [6.07, 6.45) is 7.12. The maximum Gasteiger partial charge on any atom is 0.161 e. The summed E-state index contributed by atoms with van der Waals surface area (Å²) in [5, 5.41) is 30.7. The lowest BCUT2D eigenvalue weighted by Crippen LogP contribution is -2.59. The lowest BCUT2D eigenvalue weighted by Gasteiger charge is -2.62. The summed E-state index contributed by atoms with van der Waals surface area (Å²) in [4.78, 5) is 12.3. The predicted octanol–water partition coefficient (Wildman–Crippen LogP) is 2.54. The van der Waals surface area contributed by atoms with Gasteiger partial charge < -0.3 is 15.3 Å². The molecule has 4 rings (SSSR count). The molecule has 4 fully saturated rings. The van der Waals surface area contributed by atoms with Crippen molar-refractivity contribution in [2.45, 2.75) is 77.4 Å². The fraction of sp³-hybridized carbons (Fsp3) is 0.952. The lowest BCUT2D eigenvalue weighted by atomic mass is 9.44. The van der Waals surface area contributed by atoms with E-state index in [9.17, 15) is 20.1 Å². The smallest absolute Gasteiger partial charge is 0.161 e. The molecule has 0 amide bonds. The van der Waals surface area contributed by atoms with E-state index in [1.807, 2.05) is 0 Å². The number of carbonyl (C=O) groups is 1. The first kappa shape index (κ1) is 17.9. The van der Waals surface area contributed by atoms with Crippen molar-refractivity contribution in [3.8, 4) is 0 Å². The van der Waals surface area contributed by atoms with Crippen LogP contribution in [0.4, 0.5) is 0 Å². The van der Waals surface area contributed by atoms with Crippen LogP contribution in [-0.2, 0) is 4.79 Å². The zero-order valence-corrected chi connectivity index (χ0v) is 15.7. The highest BCUT2D eigenvalue weighted by atomic mass is 16.3. The fourth-order valence-electron chi connectivity index (χ4n) is 8.00. The van der Waals surface area contributed by atoms with Crippen LogP contribution in [0.25, 0.3) is 0 Å². The molecule has 0 saturated heterocycles. The molecule has 0 aromatic carbocycles. The van der Waals surface area contributed by atoms with Gasteiger partial charge in [-0.25, -0.2) is 0 Å². The molecule has 142 valence electrons. The molecule has 0 radical (unpaired) electrons. The van der Waals surface area contributed by atoms with Crippen molar-refractivity contribution in [3.63, 3.8) is 0 Å². The van der Waals surface area contributed by atoms with Crippen LogP contribution in [0, 0.1) is 40.4 Å². The molecule has 0 bridgehead atoms. The van der Waals surface area contributed by atoms with E-state index in [2.05, 4.69) is 13.8 Å². The van der Waals surface area contributed by atoms with Crippen LogP contribution in [0.2, 0.25) is 0 Å². The molecule has 0 aromatic heterocycles. The maximum atomic E-state index is 12.3. The van der Waals surface area contributed by atoms with Gasteiger partial charge in [-0.2, -0.15) is 0 Å². The maximum absolute atomic E-state index is 12.3. The molecule has 0 heterocycles. The van der Waals surface area contributed by atoms with Gasteiger partial charge >= 0.3 is 0 Å². The van der Waals surface area contributed by atoms with Gasteiger partial charge in [0, 0.05) is 5.92 Å². The van der Waals surface area contributed by atoms with Crippen molar-refractivity contribution < 1.29 is 20.1 Å². The summed E-state index contributed by atoms with van der Waals surface area (Å²) in [6.45, 7) is 4.19. The van der Waals surface area contributed by atoms with Crippen LogP contribution in [0.5, 0.6) is 0 Å². The molecule has 4 aliphatic rings. The molecule has 9 atom stereocenters. The molecule has 4 nitrogen and oxygen atoms in total. The Kier molecular flexibility index (Phi) is 4.33. The first-order chi connectivity index (χ1) is 11.8. The van der Waals surface area contributed by atoms with Gasteiger partial charge in [0.2, 0.25) is 0 Å². The fourth-order valence-corrected chi connectivity index (χ4v) is 8.00. The van der Waals surface area contributed by atoms with Crippen LogP contribution in [0.3, 0.4) is 0 Å². The zero-order valence-electron chi connectivity index (χ0n) is 15.7. The van der Waals surface area contributed by atoms with E-state index in [1.165, 1.54) is 0 Å². The van der Waals surface area contributed by atoms with E-state index in [0.717, 1.165) is 44.9 Å². The molecule has 3 N–H and O–H groups in total. The molecular weight excluding hydrogens is 316 g/mol. The topological polar surface area (TPSA) is 77.8 Å². The average Bonchev–Trinajstić information content (AvgIpc) is 2.91. The van der Waals surface area contributed by atoms with E-state index in [1.54, 1.807) is 0 Å². The van der Waals surface area contributed by atoms with Gasteiger partial charge in [0.1, 0.15) is 6.61 Å². The van der Waals surface area contributed by atoms with Crippen LogP contribution in [-0.4, -0.2) is 39.9 Å². The minimum absolute atomic E-state index is 0.0312. The quantitative estimate of drug-likeness (QED) is 0.715. The minimum Gasteiger partial charge on any atom is -0.393 e. The monoisotopic (exact) mass is 350 g/mol. The first-order valence-corrected chi connectivity index (χ1v) is 10.3. The first-order valence-electron chi connectivity index (χ1n) is 10.3. The third kappa shape index (κ3) is 2.47. The van der Waals surface area contributed by atoms with E-state index in [4.69, 9.17) is 0 Å². The summed E-state index contributed by atoms with van der Waals surface area (Å²) in [5.41, 5.74) is -0.0280. The Labute approximate surface area is 151 Å². The Morgan fingerprint density at radius 2 is 1.80 bits per heavy atom. The van der Waals surface area contributed by atoms with Gasteiger partial charge in [0.05, 0.1) is 12.2 Å². The number of rotatable bonds is 2. The molecule has 0 aliphatic heterocycles. The summed E-state index contributed by atoms with van der Waals surface area (Å²) in [7, 11) is 0. The van der Waals surface area contributed by atoms with Crippen molar-refractivity contribution in [2.24, 2.45) is 40.4 Å². The van der Waals surface area contributed by atoms with Gasteiger partial charge in [-0.1, -0.05) is 13.8 Å². The average molecular weight is 350 g/mol. The van der Waals surface area contributed by atoms with E-state index in [-0.39, 0.29) is 41.3 Å². The zero-order chi connectivity index (χ0) is 18.0. The molecule has 4 aliphatic carbocycles. The second-order valence-electron chi connectivity index (χ2n) is 10.0. The summed E-state index contributed by atoms with van der Waals surface area (Å²) < 4.78 is 0. The number of hydrogen-bond acceptors (Lipinski definition) is 4. The van der Waals surface area contributed by atoms with Crippen LogP contribution in [0.15, 0.2) is 0 Å². The van der Waals surface area contributed by atoms with Crippen molar-refractivity contribution in [2.75, 3.05) is 6.61 Å². The molecule has 4 saturated carbocycles. The van der Waals surface area contributed by atoms with Crippen molar-refractivity contribution in [1.29, 1.82) is 0 Å². The number of fused-ring (bicyclic) bond motifs is 5. The highest BCUT2D eigenvalue weighted by Gasteiger charge is 2.63. The summed E-state index contributed by atoms with van der Waals surface area (Å²) in [5.74, 6) is 1.69. The standard InChI is InChI=1S/C21H34O4/c1-20-8-7-13(23)9-12(20)3-4-14-15-5-6-16(18(25)11-22)21(15,2)10-17(24)19(14)20/h12-17,19,22-24H,3-11H2,1-2H3/t12-,13-,14+,15+,16-,17+,19-,20+,21+/m0/s1. The normalized spacial score (nSPS) is 55.2. The number of ketones is 1. The number of carbonyl (C=O) groups excluding carboxylic acids is 1. The van der Waals surface area contributed by atoms with E-state index >= 15 is 0 Å². The predicted molar refractivity (Wildman–Crippen MR) is 94.7 cm³/mol. The molecule has 0 spiro atoms. The number of aliphatic hydroxyl groups excluding tert-OH is 3. The Hall–Kier alpha value is -0.450. The van der Waals surface area contributed by atoms with Crippen LogP contribution in [0.1, 0.15) is 65.2 Å². The highest BCUT2D eigenvalue weighted by Crippen LogP contribution is 2.67. The van der Waals surface area contributed by atoms with E-state index < -0.39 is 0 Å². The lowest BCUT2D eigenvalue weighted by molar-refractivity contribution is -0.179. The van der Waals surface area contributed by atoms with Crippen LogP contribution >= 0.6 is 0 Å². The van der Waals surface area contributed by atoms with Crippen molar-refractivity contribution in [3.05, 3.63) is 0 Å². The summed E-state index contributed by atoms with van der Waals surface area (Å²) in [6, 6.07) is 0. The number of aliphatic hydroxyl groups is 3. The molecule has 4 heteroatoms. The third-order valence-electron chi connectivity index (χ3n) is 9.11. The van der Waals surface area contributed by atoms with Gasteiger partial charge in [-0.05, 0) is 85.9 Å². The molecule has 0 unspecified atom stereocenters. The number of hydrogen-bond donors (Lipinski definition) is 3. The van der Waals surface area contributed by atoms with Crippen LogP contribution < -0.4 is 0 Å². The summed E-state index contributed by atoms with van der Waals surface area (Å²) >= 11 is 0. The number of Topliss-reactive ketones (excluding diaryl/α,β-unsaturated/α-hetero) is 1. The Bertz CT molecular complexity index is 548. The Morgan fingerprint density at radius 3 is 2.52 bits per heavy atom. The van der Waals surface area contributed by atoms with Crippen molar-refractivity contribution >= 4 is 5.78 Å². The Balaban J connectivity index is 1.65. The van der Waals surface area contributed by atoms with Gasteiger partial charge in [0.15, 0.2) is 5.78 Å². The van der Waals surface area contributed by atoms with Gasteiger partial charge in [-0.15, -0.1) is 0 Å². The minimum atomic E-state index is -0.366.